The molecule has 0 spiro atoms. The lowest BCUT2D eigenvalue weighted by Gasteiger charge is -2.32. The maximum absolute atomic E-state index is 11.6. The minimum Gasteiger partial charge on any atom is -0.379 e. The van der Waals surface area contributed by atoms with Crippen molar-refractivity contribution in [2.75, 3.05) is 32.8 Å². The number of benzene rings is 1. The molecule has 1 N–H and O–H groups in total. The van der Waals surface area contributed by atoms with Crippen molar-refractivity contribution < 1.29 is 9.53 Å². The van der Waals surface area contributed by atoms with Crippen LogP contribution in [0.1, 0.15) is 12.0 Å². The van der Waals surface area contributed by atoms with Gasteiger partial charge in [-0.1, -0.05) is 30.3 Å². The van der Waals surface area contributed by atoms with Crippen LogP contribution < -0.4 is 5.43 Å². The summed E-state index contributed by atoms with van der Waals surface area (Å²) in [5.41, 5.74) is 4.68. The molecule has 0 bridgehead atoms. The van der Waals surface area contributed by atoms with Crippen molar-refractivity contribution in [1.29, 1.82) is 0 Å². The van der Waals surface area contributed by atoms with Crippen LogP contribution in [0.15, 0.2) is 35.4 Å². The van der Waals surface area contributed by atoms with E-state index in [9.17, 15) is 4.79 Å². The van der Waals surface area contributed by atoms with E-state index in [4.69, 9.17) is 4.74 Å². The first-order valence-corrected chi connectivity index (χ1v) is 7.05. The number of amides is 1. The first kappa shape index (κ1) is 13.3. The second-order valence-corrected chi connectivity index (χ2v) is 5.21. The normalized spacial score (nSPS) is 24.1. The summed E-state index contributed by atoms with van der Waals surface area (Å²) in [5.74, 6) is 0.159. The number of ether oxygens (including phenoxy) is 1. The molecule has 1 fully saturated rings. The topological polar surface area (TPSA) is 53.9 Å². The molecule has 1 unspecified atom stereocenters. The van der Waals surface area contributed by atoms with E-state index in [2.05, 4.69) is 15.4 Å². The summed E-state index contributed by atoms with van der Waals surface area (Å²) in [7, 11) is 0. The van der Waals surface area contributed by atoms with E-state index in [0.29, 0.717) is 6.42 Å². The second-order valence-electron chi connectivity index (χ2n) is 5.21. The molecule has 2 aliphatic rings. The Morgan fingerprint density at radius 2 is 2.00 bits per heavy atom. The van der Waals surface area contributed by atoms with Gasteiger partial charge in [-0.2, -0.15) is 5.10 Å². The predicted molar refractivity (Wildman–Crippen MR) is 76.5 cm³/mol. The molecule has 1 aromatic carbocycles. The molecule has 1 atom stereocenters. The van der Waals surface area contributed by atoms with Crippen LogP contribution in [0.25, 0.3) is 0 Å². The Morgan fingerprint density at radius 3 is 2.75 bits per heavy atom. The van der Waals surface area contributed by atoms with Crippen LogP contribution in [0.2, 0.25) is 0 Å². The number of rotatable bonds is 3. The van der Waals surface area contributed by atoms with Crippen molar-refractivity contribution in [3.05, 3.63) is 35.9 Å². The van der Waals surface area contributed by atoms with Crippen molar-refractivity contribution >= 4 is 11.6 Å². The molecule has 3 rings (SSSR count). The SMILES string of the molecule is O=C1CC(CN2CCOCC2)C(c2ccccc2)=NN1. The molecule has 5 heteroatoms. The molecule has 5 nitrogen and oxygen atoms in total. The standard InChI is InChI=1S/C15H19N3O2/c19-14-10-13(11-18-6-8-20-9-7-18)15(17-16-14)12-4-2-1-3-5-12/h1-5,13H,6-11H2,(H,16,19). The highest BCUT2D eigenvalue weighted by atomic mass is 16.5. The molecular formula is C15H19N3O2. The summed E-state index contributed by atoms with van der Waals surface area (Å²) in [4.78, 5) is 14.0. The number of carbonyl (C=O) groups is 1. The van der Waals surface area contributed by atoms with E-state index in [0.717, 1.165) is 44.1 Å². The summed E-state index contributed by atoms with van der Waals surface area (Å²) < 4.78 is 5.37. The third kappa shape index (κ3) is 3.05. The van der Waals surface area contributed by atoms with Gasteiger partial charge in [0, 0.05) is 32.0 Å². The van der Waals surface area contributed by atoms with Crippen LogP contribution >= 0.6 is 0 Å². The van der Waals surface area contributed by atoms with Crippen LogP contribution in [-0.2, 0) is 9.53 Å². The smallest absolute Gasteiger partial charge is 0.240 e. The van der Waals surface area contributed by atoms with Gasteiger partial charge in [0.15, 0.2) is 0 Å². The van der Waals surface area contributed by atoms with Gasteiger partial charge in [0.2, 0.25) is 5.91 Å². The Hall–Kier alpha value is -1.72. The van der Waals surface area contributed by atoms with Crippen LogP contribution in [0.3, 0.4) is 0 Å². The summed E-state index contributed by atoms with van der Waals surface area (Å²) in [6.45, 7) is 4.28. The quantitative estimate of drug-likeness (QED) is 0.888. The van der Waals surface area contributed by atoms with Gasteiger partial charge in [-0.3, -0.25) is 9.69 Å². The number of hydrogen-bond acceptors (Lipinski definition) is 4. The molecule has 2 heterocycles. The zero-order valence-corrected chi connectivity index (χ0v) is 11.4. The summed E-state index contributed by atoms with van der Waals surface area (Å²) >= 11 is 0. The molecule has 1 amide bonds. The van der Waals surface area contributed by atoms with E-state index >= 15 is 0 Å². The van der Waals surface area contributed by atoms with E-state index in [1.807, 2.05) is 30.3 Å². The molecule has 1 aromatic rings. The Balaban J connectivity index is 1.77. The van der Waals surface area contributed by atoms with Crippen LogP contribution in [-0.4, -0.2) is 49.4 Å². The molecule has 2 aliphatic heterocycles. The molecule has 0 aliphatic carbocycles. The van der Waals surface area contributed by atoms with Crippen molar-refractivity contribution in [1.82, 2.24) is 10.3 Å². The van der Waals surface area contributed by atoms with E-state index < -0.39 is 0 Å². The molecule has 20 heavy (non-hydrogen) atoms. The minimum atomic E-state index is 0.00272. The fourth-order valence-electron chi connectivity index (χ4n) is 2.74. The zero-order valence-electron chi connectivity index (χ0n) is 11.4. The Morgan fingerprint density at radius 1 is 1.25 bits per heavy atom. The second kappa shape index (κ2) is 6.15. The van der Waals surface area contributed by atoms with Crippen LogP contribution in [0.5, 0.6) is 0 Å². The van der Waals surface area contributed by atoms with Gasteiger partial charge in [-0.15, -0.1) is 0 Å². The highest BCUT2D eigenvalue weighted by molar-refractivity contribution is 6.06. The monoisotopic (exact) mass is 273 g/mol. The largest absolute Gasteiger partial charge is 0.379 e. The summed E-state index contributed by atoms with van der Waals surface area (Å²) in [6.07, 6.45) is 0.505. The summed E-state index contributed by atoms with van der Waals surface area (Å²) in [6, 6.07) is 10.1. The van der Waals surface area contributed by atoms with Crippen molar-refractivity contribution in [2.24, 2.45) is 11.0 Å². The number of nitrogens with one attached hydrogen (secondary N) is 1. The predicted octanol–water partition coefficient (Wildman–Crippen LogP) is 0.859. The first-order chi connectivity index (χ1) is 9.83. The average Bonchev–Trinajstić information content (AvgIpc) is 2.49. The van der Waals surface area contributed by atoms with Gasteiger partial charge in [-0.05, 0) is 5.56 Å². The number of hydrazone groups is 1. The number of nitrogens with zero attached hydrogens (tertiary/aromatic N) is 2. The third-order valence-electron chi connectivity index (χ3n) is 3.77. The van der Waals surface area contributed by atoms with Gasteiger partial charge in [0.1, 0.15) is 0 Å². The Bertz CT molecular complexity index is 495. The average molecular weight is 273 g/mol. The van der Waals surface area contributed by atoms with Crippen molar-refractivity contribution in [3.8, 4) is 0 Å². The Labute approximate surface area is 118 Å². The summed E-state index contributed by atoms with van der Waals surface area (Å²) in [5, 5.41) is 4.29. The van der Waals surface area contributed by atoms with Gasteiger partial charge >= 0.3 is 0 Å². The lowest BCUT2D eigenvalue weighted by atomic mass is 9.91. The van der Waals surface area contributed by atoms with Crippen molar-refractivity contribution in [2.45, 2.75) is 6.42 Å². The maximum atomic E-state index is 11.6. The molecule has 0 radical (unpaired) electrons. The fraction of sp³-hybridized carbons (Fsp3) is 0.467. The maximum Gasteiger partial charge on any atom is 0.240 e. The number of hydrogen-bond donors (Lipinski definition) is 1. The van der Waals surface area contributed by atoms with Gasteiger partial charge < -0.3 is 4.74 Å². The lowest BCUT2D eigenvalue weighted by Crippen LogP contribution is -2.44. The highest BCUT2D eigenvalue weighted by Gasteiger charge is 2.27. The molecule has 1 saturated heterocycles. The van der Waals surface area contributed by atoms with Gasteiger partial charge in [0.05, 0.1) is 18.9 Å². The third-order valence-corrected chi connectivity index (χ3v) is 3.77. The zero-order chi connectivity index (χ0) is 13.8. The van der Waals surface area contributed by atoms with Crippen molar-refractivity contribution in [3.63, 3.8) is 0 Å². The number of morpholine rings is 1. The van der Waals surface area contributed by atoms with E-state index in [-0.39, 0.29) is 11.8 Å². The van der Waals surface area contributed by atoms with E-state index in [1.54, 1.807) is 0 Å². The fourth-order valence-corrected chi connectivity index (χ4v) is 2.74. The molecule has 0 aromatic heterocycles. The molecule has 106 valence electrons. The number of carbonyl (C=O) groups excluding carboxylic acids is 1. The van der Waals surface area contributed by atoms with Crippen LogP contribution in [0.4, 0.5) is 0 Å². The van der Waals surface area contributed by atoms with Gasteiger partial charge in [0.25, 0.3) is 0 Å². The van der Waals surface area contributed by atoms with E-state index in [1.165, 1.54) is 0 Å². The van der Waals surface area contributed by atoms with Gasteiger partial charge in [-0.25, -0.2) is 5.43 Å². The highest BCUT2D eigenvalue weighted by Crippen LogP contribution is 2.18. The molecule has 0 saturated carbocycles. The lowest BCUT2D eigenvalue weighted by molar-refractivity contribution is -0.122. The Kier molecular flexibility index (Phi) is 4.08. The minimum absolute atomic E-state index is 0.00272. The first-order valence-electron chi connectivity index (χ1n) is 7.05. The molecular weight excluding hydrogens is 254 g/mol. The van der Waals surface area contributed by atoms with Crippen LogP contribution in [0, 0.1) is 5.92 Å².